The predicted molar refractivity (Wildman–Crippen MR) is 80.4 cm³/mol. The molecule has 0 radical (unpaired) electrons. The van der Waals surface area contributed by atoms with Gasteiger partial charge < -0.3 is 9.64 Å². The SMILES string of the molecule is Cc1ccccc1OCCN(C)C(=O)Nc1nccs1. The number of likely N-dealkylation sites (N-methyl/N-ethyl adjacent to an activating group) is 1. The van der Waals surface area contributed by atoms with Crippen LogP contribution in [0.4, 0.5) is 9.93 Å². The molecule has 5 nitrogen and oxygen atoms in total. The molecule has 0 aliphatic rings. The van der Waals surface area contributed by atoms with Crippen molar-refractivity contribution >= 4 is 22.5 Å². The lowest BCUT2D eigenvalue weighted by molar-refractivity contribution is 0.207. The van der Waals surface area contributed by atoms with Gasteiger partial charge in [0.15, 0.2) is 5.13 Å². The van der Waals surface area contributed by atoms with Crippen LogP contribution >= 0.6 is 11.3 Å². The van der Waals surface area contributed by atoms with Gasteiger partial charge in [-0.15, -0.1) is 11.3 Å². The van der Waals surface area contributed by atoms with Crippen LogP contribution in [-0.2, 0) is 0 Å². The molecule has 2 aromatic rings. The van der Waals surface area contributed by atoms with E-state index < -0.39 is 0 Å². The zero-order chi connectivity index (χ0) is 14.4. The minimum Gasteiger partial charge on any atom is -0.491 e. The highest BCUT2D eigenvalue weighted by Gasteiger charge is 2.10. The highest BCUT2D eigenvalue weighted by Crippen LogP contribution is 2.16. The zero-order valence-electron chi connectivity index (χ0n) is 11.5. The molecule has 0 fully saturated rings. The van der Waals surface area contributed by atoms with Gasteiger partial charge in [-0.25, -0.2) is 9.78 Å². The number of thiazole rings is 1. The van der Waals surface area contributed by atoms with Crippen LogP contribution < -0.4 is 10.1 Å². The molecule has 1 N–H and O–H groups in total. The summed E-state index contributed by atoms with van der Waals surface area (Å²) in [5.74, 6) is 0.848. The fourth-order valence-electron chi connectivity index (χ4n) is 1.58. The van der Waals surface area contributed by atoms with Crippen molar-refractivity contribution < 1.29 is 9.53 Å². The number of ether oxygens (including phenoxy) is 1. The molecule has 0 saturated carbocycles. The zero-order valence-corrected chi connectivity index (χ0v) is 12.3. The lowest BCUT2D eigenvalue weighted by Gasteiger charge is -2.17. The Balaban J connectivity index is 1.76. The third-order valence-electron chi connectivity index (χ3n) is 2.77. The fraction of sp³-hybridized carbons (Fsp3) is 0.286. The predicted octanol–water partition coefficient (Wildman–Crippen LogP) is 2.99. The molecule has 0 saturated heterocycles. The van der Waals surface area contributed by atoms with Crippen LogP contribution in [-0.4, -0.2) is 36.1 Å². The molecule has 1 aromatic heterocycles. The maximum absolute atomic E-state index is 11.8. The van der Waals surface area contributed by atoms with Crippen LogP contribution in [0.3, 0.4) is 0 Å². The Labute approximate surface area is 122 Å². The Morgan fingerprint density at radius 2 is 2.25 bits per heavy atom. The van der Waals surface area contributed by atoms with E-state index in [-0.39, 0.29) is 6.03 Å². The number of hydrogen-bond donors (Lipinski definition) is 1. The van der Waals surface area contributed by atoms with Crippen molar-refractivity contribution in [3.8, 4) is 5.75 Å². The average molecular weight is 291 g/mol. The maximum atomic E-state index is 11.8. The molecule has 2 rings (SSSR count). The number of rotatable bonds is 5. The van der Waals surface area contributed by atoms with Crippen molar-refractivity contribution in [2.24, 2.45) is 0 Å². The van der Waals surface area contributed by atoms with E-state index in [0.717, 1.165) is 11.3 Å². The number of nitrogens with zero attached hydrogens (tertiary/aromatic N) is 2. The standard InChI is InChI=1S/C14H17N3O2S/c1-11-5-3-4-6-12(11)19-9-8-17(2)14(18)16-13-15-7-10-20-13/h3-7,10H,8-9H2,1-2H3,(H,15,16,18). The van der Waals surface area contributed by atoms with Crippen LogP contribution in [0.25, 0.3) is 0 Å². The number of para-hydroxylation sites is 1. The Morgan fingerprint density at radius 1 is 1.45 bits per heavy atom. The van der Waals surface area contributed by atoms with E-state index >= 15 is 0 Å². The van der Waals surface area contributed by atoms with Gasteiger partial charge in [0.25, 0.3) is 0 Å². The summed E-state index contributed by atoms with van der Waals surface area (Å²) >= 11 is 1.39. The van der Waals surface area contributed by atoms with Gasteiger partial charge in [-0.3, -0.25) is 5.32 Å². The largest absolute Gasteiger partial charge is 0.491 e. The second-order valence-corrected chi connectivity index (χ2v) is 5.20. The number of anilines is 1. The molecule has 0 unspecified atom stereocenters. The van der Waals surface area contributed by atoms with Gasteiger partial charge in [0.05, 0.1) is 6.54 Å². The molecular formula is C14H17N3O2S. The number of benzene rings is 1. The Kier molecular flexibility index (Phi) is 4.95. The highest BCUT2D eigenvalue weighted by molar-refractivity contribution is 7.13. The molecule has 20 heavy (non-hydrogen) atoms. The van der Waals surface area contributed by atoms with Gasteiger partial charge in [-0.2, -0.15) is 0 Å². The molecule has 0 atom stereocenters. The first-order valence-electron chi connectivity index (χ1n) is 6.27. The second kappa shape index (κ2) is 6.91. The number of carbonyl (C=O) groups is 1. The molecule has 0 aliphatic carbocycles. The van der Waals surface area contributed by atoms with Crippen molar-refractivity contribution in [1.29, 1.82) is 0 Å². The van der Waals surface area contributed by atoms with Crippen LogP contribution in [0.5, 0.6) is 5.75 Å². The Hall–Kier alpha value is -2.08. The first-order chi connectivity index (χ1) is 9.66. The summed E-state index contributed by atoms with van der Waals surface area (Å²) in [7, 11) is 1.73. The number of urea groups is 1. The third-order valence-corrected chi connectivity index (χ3v) is 3.46. The Morgan fingerprint density at radius 3 is 2.95 bits per heavy atom. The number of nitrogens with one attached hydrogen (secondary N) is 1. The minimum atomic E-state index is -0.187. The second-order valence-electron chi connectivity index (χ2n) is 4.30. The van der Waals surface area contributed by atoms with E-state index in [0.29, 0.717) is 18.3 Å². The molecule has 1 aromatic carbocycles. The summed E-state index contributed by atoms with van der Waals surface area (Å²) in [6, 6.07) is 7.63. The monoisotopic (exact) mass is 291 g/mol. The molecule has 1 heterocycles. The van der Waals surface area contributed by atoms with Crippen molar-refractivity contribution in [3.63, 3.8) is 0 Å². The van der Waals surface area contributed by atoms with Crippen LogP contribution in [0, 0.1) is 6.92 Å². The Bertz CT molecular complexity index is 557. The third kappa shape index (κ3) is 3.96. The quantitative estimate of drug-likeness (QED) is 0.921. The normalized spacial score (nSPS) is 10.1. The average Bonchev–Trinajstić information content (AvgIpc) is 2.93. The number of carbonyl (C=O) groups excluding carboxylic acids is 1. The lowest BCUT2D eigenvalue weighted by atomic mass is 10.2. The van der Waals surface area contributed by atoms with E-state index in [1.807, 2.05) is 36.6 Å². The van der Waals surface area contributed by atoms with E-state index in [1.54, 1.807) is 18.1 Å². The molecular weight excluding hydrogens is 274 g/mol. The van der Waals surface area contributed by atoms with Crippen LogP contribution in [0.1, 0.15) is 5.56 Å². The van der Waals surface area contributed by atoms with E-state index in [4.69, 9.17) is 4.74 Å². The molecule has 0 aliphatic heterocycles. The van der Waals surface area contributed by atoms with E-state index in [2.05, 4.69) is 10.3 Å². The molecule has 106 valence electrons. The van der Waals surface area contributed by atoms with Gasteiger partial charge in [-0.1, -0.05) is 18.2 Å². The first-order valence-corrected chi connectivity index (χ1v) is 7.15. The van der Waals surface area contributed by atoms with Gasteiger partial charge in [-0.05, 0) is 18.6 Å². The molecule has 2 amide bonds. The minimum absolute atomic E-state index is 0.187. The van der Waals surface area contributed by atoms with Crippen molar-refractivity contribution in [2.45, 2.75) is 6.92 Å². The summed E-state index contributed by atoms with van der Waals surface area (Å²) in [4.78, 5) is 17.4. The van der Waals surface area contributed by atoms with E-state index in [9.17, 15) is 4.79 Å². The van der Waals surface area contributed by atoms with Gasteiger partial charge in [0.1, 0.15) is 12.4 Å². The van der Waals surface area contributed by atoms with Gasteiger partial charge in [0, 0.05) is 18.6 Å². The fourth-order valence-corrected chi connectivity index (χ4v) is 2.10. The summed E-state index contributed by atoms with van der Waals surface area (Å²) in [5, 5.41) is 5.14. The maximum Gasteiger partial charge on any atom is 0.323 e. The van der Waals surface area contributed by atoms with Gasteiger partial charge in [0.2, 0.25) is 0 Å². The summed E-state index contributed by atoms with van der Waals surface area (Å²) < 4.78 is 5.66. The summed E-state index contributed by atoms with van der Waals surface area (Å²) in [6.07, 6.45) is 1.65. The number of aromatic nitrogens is 1. The van der Waals surface area contributed by atoms with Crippen LogP contribution in [0.15, 0.2) is 35.8 Å². The lowest BCUT2D eigenvalue weighted by Crippen LogP contribution is -2.34. The smallest absolute Gasteiger partial charge is 0.323 e. The first kappa shape index (κ1) is 14.3. The summed E-state index contributed by atoms with van der Waals surface area (Å²) in [6.45, 7) is 2.95. The van der Waals surface area contributed by atoms with Gasteiger partial charge >= 0.3 is 6.03 Å². The number of aryl methyl sites for hydroxylation is 1. The van der Waals surface area contributed by atoms with E-state index in [1.165, 1.54) is 11.3 Å². The van der Waals surface area contributed by atoms with Crippen LogP contribution in [0.2, 0.25) is 0 Å². The number of hydrogen-bond acceptors (Lipinski definition) is 4. The van der Waals surface area contributed by atoms with Crippen molar-refractivity contribution in [1.82, 2.24) is 9.88 Å². The van der Waals surface area contributed by atoms with Crippen molar-refractivity contribution in [3.05, 3.63) is 41.4 Å². The molecule has 6 heteroatoms. The highest BCUT2D eigenvalue weighted by atomic mass is 32.1. The number of amides is 2. The molecule has 0 bridgehead atoms. The van der Waals surface area contributed by atoms with Crippen molar-refractivity contribution in [2.75, 3.05) is 25.5 Å². The topological polar surface area (TPSA) is 54.5 Å². The summed E-state index contributed by atoms with van der Waals surface area (Å²) in [5.41, 5.74) is 1.09. The molecule has 0 spiro atoms.